The third-order valence-corrected chi connectivity index (χ3v) is 3.79. The van der Waals surface area contributed by atoms with Crippen LogP contribution in [0.15, 0.2) is 30.0 Å². The Morgan fingerprint density at radius 3 is 2.35 bits per heavy atom. The summed E-state index contributed by atoms with van der Waals surface area (Å²) in [4.78, 5) is 28.2. The number of benzene rings is 1. The van der Waals surface area contributed by atoms with E-state index < -0.39 is 0 Å². The highest BCUT2D eigenvalue weighted by molar-refractivity contribution is 6.35. The number of hydrogen-bond donors (Lipinski definition) is 1. The second-order valence-corrected chi connectivity index (χ2v) is 5.36. The minimum Gasteiger partial charge on any atom is -0.497 e. The minimum atomic E-state index is -0.307. The van der Waals surface area contributed by atoms with Gasteiger partial charge in [0.15, 0.2) is 0 Å². The van der Waals surface area contributed by atoms with Crippen molar-refractivity contribution in [3.05, 3.63) is 35.5 Å². The normalized spacial score (nSPS) is 14.7. The van der Waals surface area contributed by atoms with Crippen molar-refractivity contribution in [2.24, 2.45) is 0 Å². The first kappa shape index (κ1) is 17.0. The first-order valence-corrected chi connectivity index (χ1v) is 7.62. The van der Waals surface area contributed by atoms with E-state index in [0.717, 1.165) is 0 Å². The number of aliphatic hydroxyl groups excluding tert-OH is 1. The van der Waals surface area contributed by atoms with Gasteiger partial charge in [-0.25, -0.2) is 0 Å². The summed E-state index contributed by atoms with van der Waals surface area (Å²) in [5.41, 5.74) is 1.38. The molecule has 0 radical (unpaired) electrons. The van der Waals surface area contributed by atoms with Crippen molar-refractivity contribution in [2.75, 3.05) is 33.9 Å². The van der Waals surface area contributed by atoms with Gasteiger partial charge in [-0.1, -0.05) is 19.1 Å². The van der Waals surface area contributed by atoms with Crippen LogP contribution in [0.4, 0.5) is 0 Å². The first-order valence-electron chi connectivity index (χ1n) is 7.62. The SMILES string of the molecule is CCCN1C(=O)C(c2ccc(OC)cc2)=C(N(C)CCO)C1=O. The lowest BCUT2D eigenvalue weighted by atomic mass is 10.0. The molecule has 6 heteroatoms. The van der Waals surface area contributed by atoms with E-state index in [2.05, 4.69) is 0 Å². The van der Waals surface area contributed by atoms with E-state index in [9.17, 15) is 9.59 Å². The molecule has 23 heavy (non-hydrogen) atoms. The number of hydrogen-bond acceptors (Lipinski definition) is 5. The van der Waals surface area contributed by atoms with Gasteiger partial charge in [0.25, 0.3) is 11.8 Å². The van der Waals surface area contributed by atoms with Gasteiger partial charge in [0, 0.05) is 20.1 Å². The van der Waals surface area contributed by atoms with Gasteiger partial charge in [0.1, 0.15) is 11.4 Å². The van der Waals surface area contributed by atoms with Crippen LogP contribution in [0.25, 0.3) is 5.57 Å². The van der Waals surface area contributed by atoms with Crippen LogP contribution in [0.2, 0.25) is 0 Å². The molecule has 2 rings (SSSR count). The topological polar surface area (TPSA) is 70.1 Å². The molecular weight excluding hydrogens is 296 g/mol. The zero-order valence-corrected chi connectivity index (χ0v) is 13.7. The monoisotopic (exact) mass is 318 g/mol. The van der Waals surface area contributed by atoms with Crippen LogP contribution in [-0.4, -0.2) is 60.6 Å². The van der Waals surface area contributed by atoms with Crippen molar-refractivity contribution in [2.45, 2.75) is 13.3 Å². The third kappa shape index (κ3) is 3.22. The minimum absolute atomic E-state index is 0.0921. The lowest BCUT2D eigenvalue weighted by Gasteiger charge is -2.20. The molecule has 0 bridgehead atoms. The molecule has 0 saturated carbocycles. The van der Waals surface area contributed by atoms with Crippen molar-refractivity contribution in [1.29, 1.82) is 0 Å². The number of amides is 2. The number of ether oxygens (including phenoxy) is 1. The van der Waals surface area contributed by atoms with Crippen LogP contribution < -0.4 is 4.74 Å². The van der Waals surface area contributed by atoms with Crippen LogP contribution >= 0.6 is 0 Å². The molecule has 0 spiro atoms. The molecule has 0 unspecified atom stereocenters. The first-order chi connectivity index (χ1) is 11.0. The van der Waals surface area contributed by atoms with E-state index >= 15 is 0 Å². The Balaban J connectivity index is 2.50. The van der Waals surface area contributed by atoms with Gasteiger partial charge >= 0.3 is 0 Å². The van der Waals surface area contributed by atoms with Crippen LogP contribution in [0.3, 0.4) is 0 Å². The van der Waals surface area contributed by atoms with E-state index in [1.807, 2.05) is 6.92 Å². The second kappa shape index (κ2) is 7.28. The number of carbonyl (C=O) groups is 2. The summed E-state index contributed by atoms with van der Waals surface area (Å²) in [5.74, 6) is 0.0854. The van der Waals surface area contributed by atoms with Gasteiger partial charge < -0.3 is 14.7 Å². The van der Waals surface area contributed by atoms with Gasteiger partial charge in [-0.2, -0.15) is 0 Å². The quantitative estimate of drug-likeness (QED) is 0.763. The molecule has 0 fully saturated rings. The van der Waals surface area contributed by atoms with Crippen LogP contribution in [0, 0.1) is 0 Å². The van der Waals surface area contributed by atoms with Crippen molar-refractivity contribution >= 4 is 17.4 Å². The van der Waals surface area contributed by atoms with Crippen LogP contribution in [0.5, 0.6) is 5.75 Å². The number of imide groups is 1. The van der Waals surface area contributed by atoms with Crippen LogP contribution in [-0.2, 0) is 9.59 Å². The zero-order chi connectivity index (χ0) is 17.0. The highest BCUT2D eigenvalue weighted by Gasteiger charge is 2.40. The fraction of sp³-hybridized carbons (Fsp3) is 0.412. The summed E-state index contributed by atoms with van der Waals surface area (Å²) in [5, 5.41) is 9.15. The third-order valence-electron chi connectivity index (χ3n) is 3.79. The summed E-state index contributed by atoms with van der Waals surface area (Å²) in [7, 11) is 3.28. The molecule has 0 aromatic heterocycles. The highest BCUT2D eigenvalue weighted by Crippen LogP contribution is 2.31. The van der Waals surface area contributed by atoms with Gasteiger partial charge in [-0.15, -0.1) is 0 Å². The summed E-state index contributed by atoms with van der Waals surface area (Å²) in [6.07, 6.45) is 0.699. The highest BCUT2D eigenvalue weighted by atomic mass is 16.5. The molecule has 1 heterocycles. The molecular formula is C17H22N2O4. The Morgan fingerprint density at radius 2 is 1.83 bits per heavy atom. The Labute approximate surface area is 136 Å². The average molecular weight is 318 g/mol. The molecule has 1 aliphatic rings. The number of methoxy groups -OCH3 is 1. The molecule has 0 saturated heterocycles. The van der Waals surface area contributed by atoms with Gasteiger partial charge in [-0.3, -0.25) is 14.5 Å². The van der Waals surface area contributed by atoms with E-state index in [-0.39, 0.29) is 25.0 Å². The molecule has 1 aromatic rings. The molecule has 0 atom stereocenters. The number of aliphatic hydroxyl groups is 1. The summed E-state index contributed by atoms with van der Waals surface area (Å²) in [6, 6.07) is 7.04. The maximum absolute atomic E-state index is 12.7. The fourth-order valence-electron chi connectivity index (χ4n) is 2.62. The zero-order valence-electron chi connectivity index (χ0n) is 13.7. The Bertz CT molecular complexity index is 622. The van der Waals surface area contributed by atoms with Crippen molar-refractivity contribution in [3.8, 4) is 5.75 Å². The summed E-state index contributed by atoms with van der Waals surface area (Å²) >= 11 is 0. The molecule has 124 valence electrons. The lowest BCUT2D eigenvalue weighted by Crippen LogP contribution is -2.35. The number of carbonyl (C=O) groups excluding carboxylic acids is 2. The second-order valence-electron chi connectivity index (χ2n) is 5.36. The van der Waals surface area contributed by atoms with E-state index in [0.29, 0.717) is 35.5 Å². The molecule has 1 aliphatic heterocycles. The van der Waals surface area contributed by atoms with Crippen molar-refractivity contribution in [1.82, 2.24) is 9.80 Å². The number of nitrogens with zero attached hydrogens (tertiary/aromatic N) is 2. The van der Waals surface area contributed by atoms with E-state index in [1.54, 1.807) is 43.3 Å². The van der Waals surface area contributed by atoms with Crippen molar-refractivity contribution in [3.63, 3.8) is 0 Å². The summed E-state index contributed by atoms with van der Waals surface area (Å²) < 4.78 is 5.13. The predicted molar refractivity (Wildman–Crippen MR) is 86.6 cm³/mol. The fourth-order valence-corrected chi connectivity index (χ4v) is 2.62. The van der Waals surface area contributed by atoms with E-state index in [1.165, 1.54) is 4.90 Å². The van der Waals surface area contributed by atoms with Crippen LogP contribution in [0.1, 0.15) is 18.9 Å². The van der Waals surface area contributed by atoms with Gasteiger partial charge in [-0.05, 0) is 24.1 Å². The van der Waals surface area contributed by atoms with Crippen molar-refractivity contribution < 1.29 is 19.4 Å². The Morgan fingerprint density at radius 1 is 1.17 bits per heavy atom. The number of likely N-dealkylation sites (N-methyl/N-ethyl adjacent to an activating group) is 1. The molecule has 1 aromatic carbocycles. The van der Waals surface area contributed by atoms with Gasteiger partial charge in [0.05, 0.1) is 19.3 Å². The Kier molecular flexibility index (Phi) is 5.39. The molecule has 1 N–H and O–H groups in total. The lowest BCUT2D eigenvalue weighted by molar-refractivity contribution is -0.137. The van der Waals surface area contributed by atoms with E-state index in [4.69, 9.17) is 9.84 Å². The standard InChI is InChI=1S/C17H22N2O4/c1-4-9-19-16(21)14(12-5-7-13(23-3)8-6-12)15(17(19)22)18(2)10-11-20/h5-8,20H,4,9-11H2,1-3H3. The Hall–Kier alpha value is -2.34. The largest absolute Gasteiger partial charge is 0.497 e. The maximum atomic E-state index is 12.7. The smallest absolute Gasteiger partial charge is 0.277 e. The summed E-state index contributed by atoms with van der Waals surface area (Å²) in [6.45, 7) is 2.50. The predicted octanol–water partition coefficient (Wildman–Crippen LogP) is 1.11. The average Bonchev–Trinajstić information content (AvgIpc) is 2.80. The molecule has 2 amide bonds. The maximum Gasteiger partial charge on any atom is 0.277 e. The van der Waals surface area contributed by atoms with Gasteiger partial charge in [0.2, 0.25) is 0 Å². The molecule has 6 nitrogen and oxygen atoms in total. The molecule has 0 aliphatic carbocycles. The number of rotatable bonds is 7.